The summed E-state index contributed by atoms with van der Waals surface area (Å²) in [5.74, 6) is -0.505. The minimum Gasteiger partial charge on any atom is -0.493 e. The van der Waals surface area contributed by atoms with Gasteiger partial charge in [-0.3, -0.25) is 0 Å². The molecule has 0 bridgehead atoms. The van der Waals surface area contributed by atoms with Gasteiger partial charge in [-0.1, -0.05) is 6.07 Å². The van der Waals surface area contributed by atoms with E-state index in [1.54, 1.807) is 25.2 Å². The number of benzene rings is 2. The molecule has 3 rings (SSSR count). The van der Waals surface area contributed by atoms with Crippen LogP contribution in [0.5, 0.6) is 11.5 Å². The molecule has 1 aliphatic heterocycles. The number of nitrogens with zero attached hydrogens (tertiary/aromatic N) is 2. The number of carbonyl (C=O) groups excluding carboxylic acids is 1. The van der Waals surface area contributed by atoms with Crippen molar-refractivity contribution < 1.29 is 23.4 Å². The first-order valence-corrected chi connectivity index (χ1v) is 7.66. The summed E-state index contributed by atoms with van der Waals surface area (Å²) < 4.78 is 29.7. The van der Waals surface area contributed by atoms with E-state index in [9.17, 15) is 14.4 Å². The lowest BCUT2D eigenvalue weighted by molar-refractivity contribution is 0.0303. The topological polar surface area (TPSA) is 83.8 Å². The van der Waals surface area contributed by atoms with Crippen LogP contribution in [-0.4, -0.2) is 27.2 Å². The van der Waals surface area contributed by atoms with Gasteiger partial charge in [-0.15, -0.1) is 0 Å². The fourth-order valence-electron chi connectivity index (χ4n) is 2.84. The summed E-state index contributed by atoms with van der Waals surface area (Å²) >= 11 is 0. The lowest BCUT2D eigenvalue weighted by atomic mass is 10.1. The molecule has 2 aromatic rings. The Kier molecular flexibility index (Phi) is 4.65. The highest BCUT2D eigenvalue weighted by Gasteiger charge is 2.36. The summed E-state index contributed by atoms with van der Waals surface area (Å²) in [7, 11) is 4.51. The highest BCUT2D eigenvalue weighted by molar-refractivity contribution is 5.98. The molecule has 0 aromatic heterocycles. The molecule has 134 valence electrons. The predicted molar refractivity (Wildman–Crippen MR) is 90.4 cm³/mol. The van der Waals surface area contributed by atoms with Crippen LogP contribution in [-0.2, 0) is 4.74 Å². The second kappa shape index (κ2) is 6.90. The molecule has 1 N–H and O–H groups in total. The number of ether oxygens (including phenoxy) is 3. The number of halogens is 1. The summed E-state index contributed by atoms with van der Waals surface area (Å²) in [4.78, 5) is 12.3. The van der Waals surface area contributed by atoms with Gasteiger partial charge < -0.3 is 19.2 Å². The Hall–Kier alpha value is -3.31. The molecule has 0 radical (unpaired) electrons. The molecule has 1 atom stereocenters. The van der Waals surface area contributed by atoms with Gasteiger partial charge in [0, 0.05) is 12.6 Å². The molecule has 1 aliphatic rings. The van der Waals surface area contributed by atoms with Crippen LogP contribution in [0.4, 0.5) is 10.1 Å². The number of methoxy groups -OCH3 is 2. The van der Waals surface area contributed by atoms with Crippen molar-refractivity contribution in [3.63, 3.8) is 0 Å². The van der Waals surface area contributed by atoms with Crippen LogP contribution in [0, 0.1) is 17.1 Å². The summed E-state index contributed by atoms with van der Waals surface area (Å²) in [6.45, 7) is 0. The monoisotopic (exact) mass is 357 g/mol. The number of nitrogens with one attached hydrogen (secondary N) is 1. The minimum atomic E-state index is -0.822. The Labute approximate surface area is 149 Å². The van der Waals surface area contributed by atoms with Crippen LogP contribution in [0.25, 0.3) is 0 Å². The average Bonchev–Trinajstić information content (AvgIpc) is 2.96. The van der Waals surface area contributed by atoms with Gasteiger partial charge in [0.15, 0.2) is 17.7 Å². The van der Waals surface area contributed by atoms with E-state index < -0.39 is 18.0 Å². The number of hydrazine groups is 1. The first-order valence-electron chi connectivity index (χ1n) is 7.66. The van der Waals surface area contributed by atoms with E-state index >= 15 is 0 Å². The largest absolute Gasteiger partial charge is 0.493 e. The number of cyclic esters (lactones) is 1. The van der Waals surface area contributed by atoms with E-state index in [0.29, 0.717) is 17.0 Å². The molecule has 0 amide bonds. The van der Waals surface area contributed by atoms with Crippen molar-refractivity contribution >= 4 is 11.7 Å². The molecule has 0 saturated heterocycles. The number of carbonyl (C=O) groups is 1. The standard InChI is InChI=1S/C18H16FN3O4/c1-22(13-6-4-5-12(19)11(13)9-20)21-17-10-7-8-14(24-2)16(25-3)15(10)18(23)26-17/h4-8,17,21H,1-3H3. The molecule has 0 fully saturated rings. The molecule has 2 aromatic carbocycles. The molecule has 0 aliphatic carbocycles. The summed E-state index contributed by atoms with van der Waals surface area (Å²) in [5, 5.41) is 10.6. The van der Waals surface area contributed by atoms with Gasteiger partial charge in [-0.05, 0) is 24.3 Å². The zero-order valence-electron chi connectivity index (χ0n) is 14.4. The lowest BCUT2D eigenvalue weighted by Gasteiger charge is -2.25. The number of esters is 1. The fourth-order valence-corrected chi connectivity index (χ4v) is 2.84. The van der Waals surface area contributed by atoms with E-state index in [-0.39, 0.29) is 16.9 Å². The smallest absolute Gasteiger partial charge is 0.344 e. The second-order valence-electron chi connectivity index (χ2n) is 5.48. The second-order valence-corrected chi connectivity index (χ2v) is 5.48. The first-order chi connectivity index (χ1) is 12.5. The van der Waals surface area contributed by atoms with E-state index in [1.165, 1.54) is 31.4 Å². The Bertz CT molecular complexity index is 910. The van der Waals surface area contributed by atoms with Crippen molar-refractivity contribution in [2.45, 2.75) is 6.23 Å². The zero-order chi connectivity index (χ0) is 18.8. The van der Waals surface area contributed by atoms with Gasteiger partial charge in [0.1, 0.15) is 23.0 Å². The number of nitriles is 1. The van der Waals surface area contributed by atoms with E-state index in [4.69, 9.17) is 14.2 Å². The van der Waals surface area contributed by atoms with Crippen LogP contribution in [0.15, 0.2) is 30.3 Å². The maximum Gasteiger partial charge on any atom is 0.344 e. The van der Waals surface area contributed by atoms with Gasteiger partial charge in [0.25, 0.3) is 0 Å². The predicted octanol–water partition coefficient (Wildman–Crippen LogP) is 2.52. The third-order valence-corrected chi connectivity index (χ3v) is 4.06. The van der Waals surface area contributed by atoms with Gasteiger partial charge >= 0.3 is 5.97 Å². The minimum absolute atomic E-state index is 0.112. The van der Waals surface area contributed by atoms with Crippen LogP contribution in [0.3, 0.4) is 0 Å². The maximum absolute atomic E-state index is 13.8. The molecule has 0 spiro atoms. The van der Waals surface area contributed by atoms with Crippen LogP contribution >= 0.6 is 0 Å². The average molecular weight is 357 g/mol. The molecule has 1 heterocycles. The molecular weight excluding hydrogens is 341 g/mol. The number of hydrogen-bond acceptors (Lipinski definition) is 7. The molecule has 26 heavy (non-hydrogen) atoms. The van der Waals surface area contributed by atoms with Crippen molar-refractivity contribution in [3.05, 3.63) is 52.8 Å². The third kappa shape index (κ3) is 2.78. The van der Waals surface area contributed by atoms with Gasteiger partial charge in [0.05, 0.1) is 19.9 Å². The number of fused-ring (bicyclic) bond motifs is 1. The number of anilines is 1. The number of hydrogen-bond donors (Lipinski definition) is 1. The van der Waals surface area contributed by atoms with Crippen LogP contribution in [0.2, 0.25) is 0 Å². The van der Waals surface area contributed by atoms with Gasteiger partial charge in [-0.25, -0.2) is 9.18 Å². The Morgan fingerprint density at radius 3 is 2.69 bits per heavy atom. The molecule has 8 heteroatoms. The van der Waals surface area contributed by atoms with Crippen molar-refractivity contribution in [1.29, 1.82) is 5.26 Å². The van der Waals surface area contributed by atoms with E-state index in [2.05, 4.69) is 5.43 Å². The van der Waals surface area contributed by atoms with Crippen LogP contribution < -0.4 is 19.9 Å². The third-order valence-electron chi connectivity index (χ3n) is 4.06. The molecule has 0 saturated carbocycles. The van der Waals surface area contributed by atoms with Crippen molar-refractivity contribution in [3.8, 4) is 17.6 Å². The summed E-state index contributed by atoms with van der Waals surface area (Å²) in [6.07, 6.45) is -0.822. The zero-order valence-corrected chi connectivity index (χ0v) is 14.4. The Morgan fingerprint density at radius 1 is 1.27 bits per heavy atom. The molecular formula is C18H16FN3O4. The molecule has 7 nitrogen and oxygen atoms in total. The van der Waals surface area contributed by atoms with Crippen molar-refractivity contribution in [1.82, 2.24) is 5.43 Å². The first kappa shape index (κ1) is 17.5. The van der Waals surface area contributed by atoms with Crippen LogP contribution in [0.1, 0.15) is 27.7 Å². The summed E-state index contributed by atoms with van der Waals surface area (Å²) in [6, 6.07) is 9.46. The van der Waals surface area contributed by atoms with Gasteiger partial charge in [-0.2, -0.15) is 10.7 Å². The Morgan fingerprint density at radius 2 is 2.04 bits per heavy atom. The highest BCUT2D eigenvalue weighted by atomic mass is 19.1. The highest BCUT2D eigenvalue weighted by Crippen LogP contribution is 2.41. The van der Waals surface area contributed by atoms with E-state index in [0.717, 1.165) is 0 Å². The Balaban J connectivity index is 1.94. The van der Waals surface area contributed by atoms with E-state index in [1.807, 2.05) is 6.07 Å². The SMILES string of the molecule is COc1ccc2c(c1OC)C(=O)OC2NN(C)c1cccc(F)c1C#N. The quantitative estimate of drug-likeness (QED) is 0.650. The van der Waals surface area contributed by atoms with Crippen molar-refractivity contribution in [2.24, 2.45) is 0 Å². The fraction of sp³-hybridized carbons (Fsp3) is 0.222. The van der Waals surface area contributed by atoms with Gasteiger partial charge in [0.2, 0.25) is 0 Å². The molecule has 1 unspecified atom stereocenters. The normalized spacial score (nSPS) is 15.0. The number of rotatable bonds is 5. The maximum atomic E-state index is 13.8. The van der Waals surface area contributed by atoms with Crippen molar-refractivity contribution in [2.75, 3.05) is 26.3 Å². The lowest BCUT2D eigenvalue weighted by Crippen LogP contribution is -2.38. The summed E-state index contributed by atoms with van der Waals surface area (Å²) in [5.41, 5.74) is 3.97.